The zero-order chi connectivity index (χ0) is 15.5. The molecule has 1 saturated carbocycles. The van der Waals surface area contributed by atoms with E-state index in [1.807, 2.05) is 18.2 Å². The van der Waals surface area contributed by atoms with Crippen molar-refractivity contribution in [1.82, 2.24) is 15.0 Å². The highest BCUT2D eigenvalue weighted by atomic mass is 16.5. The summed E-state index contributed by atoms with van der Waals surface area (Å²) in [5.41, 5.74) is 1.23. The van der Waals surface area contributed by atoms with Crippen molar-refractivity contribution in [2.75, 3.05) is 6.54 Å². The van der Waals surface area contributed by atoms with Crippen molar-refractivity contribution in [1.29, 1.82) is 0 Å². The predicted octanol–water partition coefficient (Wildman–Crippen LogP) is 3.82. The molecule has 122 valence electrons. The quantitative estimate of drug-likeness (QED) is 0.861. The zero-order valence-electron chi connectivity index (χ0n) is 13.7. The Morgan fingerprint density at radius 2 is 1.87 bits per heavy atom. The standard InChI is InChI=1S/C19H25N3O/c1-2-7-15(8-3-1)13-18-20-19(23-21-18)14-22-12-6-10-16-9-4-5-11-17(16)22/h1-3,7-8,16-17H,4-6,9-14H2/t16-,17+/m0/s1. The molecule has 2 aromatic rings. The molecule has 4 nitrogen and oxygen atoms in total. The first-order chi connectivity index (χ1) is 11.4. The fourth-order valence-electron chi connectivity index (χ4n) is 4.30. The van der Waals surface area contributed by atoms with Gasteiger partial charge < -0.3 is 4.52 Å². The summed E-state index contributed by atoms with van der Waals surface area (Å²) in [6, 6.07) is 11.1. The first-order valence-corrected chi connectivity index (χ1v) is 8.98. The Hall–Kier alpha value is -1.68. The van der Waals surface area contributed by atoms with Gasteiger partial charge in [-0.3, -0.25) is 4.90 Å². The molecule has 1 aliphatic heterocycles. The van der Waals surface area contributed by atoms with Crippen molar-refractivity contribution >= 4 is 0 Å². The lowest BCUT2D eigenvalue weighted by molar-refractivity contribution is 0.0466. The van der Waals surface area contributed by atoms with E-state index in [4.69, 9.17) is 4.52 Å². The molecule has 1 saturated heterocycles. The average Bonchev–Trinajstić information content (AvgIpc) is 3.03. The van der Waals surface area contributed by atoms with Gasteiger partial charge in [-0.25, -0.2) is 0 Å². The van der Waals surface area contributed by atoms with Crippen molar-refractivity contribution in [3.8, 4) is 0 Å². The summed E-state index contributed by atoms with van der Waals surface area (Å²) >= 11 is 0. The maximum Gasteiger partial charge on any atom is 0.240 e. The molecule has 2 fully saturated rings. The molecule has 1 aliphatic carbocycles. The summed E-state index contributed by atoms with van der Waals surface area (Å²) in [4.78, 5) is 7.21. The van der Waals surface area contributed by atoms with E-state index >= 15 is 0 Å². The van der Waals surface area contributed by atoms with Crippen molar-refractivity contribution in [3.05, 3.63) is 47.6 Å². The van der Waals surface area contributed by atoms with Crippen LogP contribution in [0.5, 0.6) is 0 Å². The highest BCUT2D eigenvalue weighted by molar-refractivity contribution is 5.18. The van der Waals surface area contributed by atoms with Gasteiger partial charge in [-0.15, -0.1) is 0 Å². The molecular formula is C19H25N3O. The third kappa shape index (κ3) is 3.47. The lowest BCUT2D eigenvalue weighted by atomic mass is 9.78. The minimum Gasteiger partial charge on any atom is -0.338 e. The van der Waals surface area contributed by atoms with Gasteiger partial charge in [-0.05, 0) is 43.7 Å². The van der Waals surface area contributed by atoms with E-state index < -0.39 is 0 Å². The van der Waals surface area contributed by atoms with Gasteiger partial charge in [-0.1, -0.05) is 48.3 Å². The lowest BCUT2D eigenvalue weighted by Crippen LogP contribution is -2.46. The fraction of sp³-hybridized carbons (Fsp3) is 0.579. The Morgan fingerprint density at radius 1 is 1.04 bits per heavy atom. The Bertz CT molecular complexity index is 623. The maximum atomic E-state index is 5.52. The van der Waals surface area contributed by atoms with Crippen LogP contribution in [0.25, 0.3) is 0 Å². The summed E-state index contributed by atoms with van der Waals surface area (Å²) in [6.45, 7) is 2.00. The van der Waals surface area contributed by atoms with Crippen molar-refractivity contribution in [2.24, 2.45) is 5.92 Å². The van der Waals surface area contributed by atoms with Crippen LogP contribution in [-0.4, -0.2) is 27.6 Å². The molecule has 0 amide bonds. The number of likely N-dealkylation sites (tertiary alicyclic amines) is 1. The molecule has 1 aromatic heterocycles. The first kappa shape index (κ1) is 14.9. The van der Waals surface area contributed by atoms with Gasteiger partial charge in [0.1, 0.15) is 0 Å². The van der Waals surface area contributed by atoms with Gasteiger partial charge in [0.15, 0.2) is 5.82 Å². The average molecular weight is 311 g/mol. The van der Waals surface area contributed by atoms with Crippen LogP contribution in [0.1, 0.15) is 55.8 Å². The largest absolute Gasteiger partial charge is 0.338 e. The van der Waals surface area contributed by atoms with Crippen molar-refractivity contribution in [3.63, 3.8) is 0 Å². The van der Waals surface area contributed by atoms with Gasteiger partial charge in [-0.2, -0.15) is 4.98 Å². The Balaban J connectivity index is 1.41. The molecule has 2 heterocycles. The summed E-state index contributed by atoms with van der Waals surface area (Å²) in [7, 11) is 0. The highest BCUT2D eigenvalue weighted by Gasteiger charge is 2.33. The minimum absolute atomic E-state index is 0.738. The number of nitrogens with zero attached hydrogens (tertiary/aromatic N) is 3. The molecule has 2 aliphatic rings. The smallest absolute Gasteiger partial charge is 0.240 e. The Morgan fingerprint density at radius 3 is 2.78 bits per heavy atom. The summed E-state index contributed by atoms with van der Waals surface area (Å²) in [6.07, 6.45) is 9.00. The second kappa shape index (κ2) is 6.83. The topological polar surface area (TPSA) is 42.2 Å². The van der Waals surface area contributed by atoms with Crippen LogP contribution in [-0.2, 0) is 13.0 Å². The molecule has 0 spiro atoms. The predicted molar refractivity (Wildman–Crippen MR) is 88.9 cm³/mol. The van der Waals surface area contributed by atoms with E-state index in [2.05, 4.69) is 27.2 Å². The Labute approximate surface area is 137 Å². The van der Waals surface area contributed by atoms with Crippen LogP contribution in [0.15, 0.2) is 34.9 Å². The number of fused-ring (bicyclic) bond motifs is 1. The number of rotatable bonds is 4. The van der Waals surface area contributed by atoms with E-state index in [1.165, 1.54) is 50.6 Å². The van der Waals surface area contributed by atoms with E-state index in [1.54, 1.807) is 0 Å². The molecule has 23 heavy (non-hydrogen) atoms. The zero-order valence-corrected chi connectivity index (χ0v) is 13.7. The monoisotopic (exact) mass is 311 g/mol. The normalized spacial score (nSPS) is 25.2. The van der Waals surface area contributed by atoms with Crippen LogP contribution in [0, 0.1) is 5.92 Å². The SMILES string of the molecule is c1ccc(Cc2noc(CN3CCC[C@@H]4CCCC[C@H]43)n2)cc1. The molecule has 1 aromatic carbocycles. The molecule has 0 radical (unpaired) electrons. The molecule has 0 unspecified atom stereocenters. The number of aromatic nitrogens is 2. The molecule has 0 N–H and O–H groups in total. The third-order valence-electron chi connectivity index (χ3n) is 5.41. The number of benzene rings is 1. The van der Waals surface area contributed by atoms with Crippen LogP contribution in [0.2, 0.25) is 0 Å². The van der Waals surface area contributed by atoms with Crippen molar-refractivity contribution < 1.29 is 4.52 Å². The van der Waals surface area contributed by atoms with Gasteiger partial charge in [0.2, 0.25) is 5.89 Å². The summed E-state index contributed by atoms with van der Waals surface area (Å²) in [5, 5.41) is 4.17. The second-order valence-corrected chi connectivity index (χ2v) is 6.99. The molecule has 4 heteroatoms. The number of hydrogen-bond acceptors (Lipinski definition) is 4. The molecular weight excluding hydrogens is 286 g/mol. The van der Waals surface area contributed by atoms with E-state index in [-0.39, 0.29) is 0 Å². The third-order valence-corrected chi connectivity index (χ3v) is 5.41. The molecule has 0 bridgehead atoms. The van der Waals surface area contributed by atoms with Gasteiger partial charge in [0.25, 0.3) is 0 Å². The molecule has 2 atom stereocenters. The summed E-state index contributed by atoms with van der Waals surface area (Å²) in [5.74, 6) is 2.47. The second-order valence-electron chi connectivity index (χ2n) is 6.99. The number of hydrogen-bond donors (Lipinski definition) is 0. The Kier molecular flexibility index (Phi) is 4.42. The first-order valence-electron chi connectivity index (χ1n) is 8.98. The van der Waals surface area contributed by atoms with Crippen LogP contribution < -0.4 is 0 Å². The van der Waals surface area contributed by atoms with Crippen molar-refractivity contribution in [2.45, 2.75) is 57.5 Å². The van der Waals surface area contributed by atoms with E-state index in [0.717, 1.165) is 36.6 Å². The van der Waals surface area contributed by atoms with Crippen LogP contribution >= 0.6 is 0 Å². The van der Waals surface area contributed by atoms with Gasteiger partial charge >= 0.3 is 0 Å². The minimum atomic E-state index is 0.738. The van der Waals surface area contributed by atoms with E-state index in [9.17, 15) is 0 Å². The lowest BCUT2D eigenvalue weighted by Gasteiger charge is -2.43. The fourth-order valence-corrected chi connectivity index (χ4v) is 4.30. The summed E-state index contributed by atoms with van der Waals surface area (Å²) < 4.78 is 5.52. The van der Waals surface area contributed by atoms with Gasteiger partial charge in [0, 0.05) is 12.5 Å². The maximum absolute atomic E-state index is 5.52. The van der Waals surface area contributed by atoms with Crippen LogP contribution in [0.4, 0.5) is 0 Å². The number of piperidine rings is 1. The molecule has 4 rings (SSSR count). The highest BCUT2D eigenvalue weighted by Crippen LogP contribution is 2.35. The van der Waals surface area contributed by atoms with E-state index in [0.29, 0.717) is 0 Å². The van der Waals surface area contributed by atoms with Gasteiger partial charge in [0.05, 0.1) is 6.54 Å². The van der Waals surface area contributed by atoms with Crippen LogP contribution in [0.3, 0.4) is 0 Å².